The average molecular weight is 1450 g/mol. The summed E-state index contributed by atoms with van der Waals surface area (Å²) in [5.74, 6) is 4.81. The zero-order valence-corrected chi connectivity index (χ0v) is 60.1. The lowest BCUT2D eigenvalue weighted by atomic mass is 9.95. The fourth-order valence-corrected chi connectivity index (χ4v) is 16.2. The minimum Gasteiger partial charge on any atom is -0.493 e. The largest absolute Gasteiger partial charge is 0.493 e. The third-order valence-corrected chi connectivity index (χ3v) is 22.6. The first kappa shape index (κ1) is 70.7. The number of rotatable bonds is 22. The highest BCUT2D eigenvalue weighted by atomic mass is 32.2. The molecular formula is C69H85N19O9S4. The van der Waals surface area contributed by atoms with Crippen molar-refractivity contribution in [2.45, 2.75) is 59.6 Å². The molecule has 0 amide bonds. The highest BCUT2D eigenvalue weighted by Gasteiger charge is 2.43. The second-order valence-corrected chi connectivity index (χ2v) is 29.9. The monoisotopic (exact) mass is 1450 g/mol. The number of likely N-dealkylation sites (N-methyl/N-ethyl adjacent to an activating group) is 1. The lowest BCUT2D eigenvalue weighted by molar-refractivity contribution is 0.0357. The molecular weight excluding hydrogens is 1370 g/mol. The molecule has 4 N–H and O–H groups in total. The predicted octanol–water partition coefficient (Wildman–Crippen LogP) is 5.62. The second kappa shape index (κ2) is 32.5. The van der Waals surface area contributed by atoms with Gasteiger partial charge in [-0.15, -0.1) is 0 Å². The molecule has 0 spiro atoms. The molecule has 28 nitrogen and oxygen atoms in total. The van der Waals surface area contributed by atoms with E-state index in [1.54, 1.807) is 87.6 Å². The average Bonchev–Trinajstić information content (AvgIpc) is 1.62. The molecule has 6 aromatic rings. The minimum atomic E-state index is -3.80. The number of hydrogen-bond acceptors (Lipinski definition) is 26. The van der Waals surface area contributed by atoms with Gasteiger partial charge < -0.3 is 63.7 Å². The van der Waals surface area contributed by atoms with Crippen molar-refractivity contribution in [3.63, 3.8) is 0 Å². The number of sulfonamides is 2. The van der Waals surface area contributed by atoms with Crippen LogP contribution in [0.5, 0.6) is 23.0 Å². The zero-order chi connectivity index (χ0) is 69.9. The van der Waals surface area contributed by atoms with Crippen molar-refractivity contribution in [1.82, 2.24) is 54.2 Å². The molecule has 8 aliphatic rings. The highest BCUT2D eigenvalue weighted by Crippen LogP contribution is 2.47. The van der Waals surface area contributed by atoms with Gasteiger partial charge in [-0.05, 0) is 90.7 Å². The normalized spacial score (nSPS) is 20.5. The fraction of sp³-hybridized carbons (Fsp3) is 0.449. The summed E-state index contributed by atoms with van der Waals surface area (Å²) < 4.78 is 85.4. The number of thiocarbonyl (C=S) groups is 2. The van der Waals surface area contributed by atoms with Crippen molar-refractivity contribution in [2.24, 2.45) is 20.0 Å². The van der Waals surface area contributed by atoms with E-state index in [0.717, 1.165) is 198 Å². The molecule has 8 aliphatic heterocycles. The van der Waals surface area contributed by atoms with Gasteiger partial charge in [0, 0.05) is 166 Å². The molecule has 4 saturated heterocycles. The number of aliphatic imine (C=N–C) groups is 4. The third kappa shape index (κ3) is 17.2. The number of aromatic nitrogens is 4. The van der Waals surface area contributed by atoms with Crippen LogP contribution in [0.25, 0.3) is 0 Å². The van der Waals surface area contributed by atoms with Gasteiger partial charge >= 0.3 is 0 Å². The molecule has 534 valence electrons. The van der Waals surface area contributed by atoms with Gasteiger partial charge in [-0.25, -0.2) is 66.2 Å². The molecule has 4 atom stereocenters. The molecule has 10 heterocycles. The number of ether oxygens (including phenoxy) is 5. The first-order valence-electron chi connectivity index (χ1n) is 34.1. The Hall–Kier alpha value is -8.76. The third-order valence-electron chi connectivity index (χ3n) is 19.1. The van der Waals surface area contributed by atoms with Crippen LogP contribution in [0.2, 0.25) is 0 Å². The number of piperazine rings is 3. The number of methoxy groups -OCH3 is 2. The number of nitrogens with one attached hydrogen (secondary N) is 4. The van der Waals surface area contributed by atoms with Crippen LogP contribution < -0.4 is 39.0 Å². The molecule has 32 heteroatoms. The van der Waals surface area contributed by atoms with Crippen molar-refractivity contribution in [3.05, 3.63) is 132 Å². The van der Waals surface area contributed by atoms with Gasteiger partial charge in [0.25, 0.3) is 20.0 Å². The van der Waals surface area contributed by atoms with Crippen molar-refractivity contribution in [3.8, 4) is 23.0 Å². The SMILES string of the molecule is COc1cc2c(cc1OCCCN1CCN(C)CC1)C1C(N3CCN(C(=S)Cc4ccc(S(=O)(=O)Nc5ncccn5)cc4)CC3)=NC=NC1N2.COc1cc2c(cc1OCCCN1CCOCC1)C1C(N3CCN(C(=S)Cc4ccc(S(=O)(=O)Nc5ncccn5)cc4)CC3)=NC=NC1N2. The van der Waals surface area contributed by atoms with E-state index in [0.29, 0.717) is 37.6 Å². The minimum absolute atomic E-state index is 0.0250. The molecule has 0 radical (unpaired) electrons. The van der Waals surface area contributed by atoms with Crippen LogP contribution in [-0.4, -0.2) is 270 Å². The van der Waals surface area contributed by atoms with E-state index in [2.05, 4.69) is 103 Å². The second-order valence-electron chi connectivity index (χ2n) is 25.6. The van der Waals surface area contributed by atoms with E-state index in [9.17, 15) is 16.8 Å². The van der Waals surface area contributed by atoms with Crippen LogP contribution in [0.15, 0.2) is 139 Å². The van der Waals surface area contributed by atoms with Crippen molar-refractivity contribution in [1.29, 1.82) is 0 Å². The number of hydrogen-bond donors (Lipinski definition) is 4. The fourth-order valence-electron chi connectivity index (χ4n) is 13.6. The Bertz CT molecular complexity index is 4230. The van der Waals surface area contributed by atoms with Gasteiger partial charge in [0.05, 0.1) is 72.3 Å². The van der Waals surface area contributed by atoms with Gasteiger partial charge in [0.1, 0.15) is 36.7 Å². The van der Waals surface area contributed by atoms with Crippen LogP contribution in [0, 0.1) is 0 Å². The van der Waals surface area contributed by atoms with E-state index < -0.39 is 20.0 Å². The summed E-state index contributed by atoms with van der Waals surface area (Å²) in [6.07, 6.45) is 11.9. The topological polar surface area (TPSA) is 286 Å². The summed E-state index contributed by atoms with van der Waals surface area (Å²) >= 11 is 11.7. The van der Waals surface area contributed by atoms with E-state index in [1.807, 2.05) is 12.1 Å². The quantitative estimate of drug-likeness (QED) is 0.0474. The number of morpholine rings is 1. The molecule has 2 aromatic heterocycles. The molecule has 101 heavy (non-hydrogen) atoms. The van der Waals surface area contributed by atoms with Crippen LogP contribution in [0.1, 0.15) is 46.9 Å². The number of nitrogens with zero attached hydrogens (tertiary/aromatic N) is 15. The lowest BCUT2D eigenvalue weighted by Gasteiger charge is -2.40. The smallest absolute Gasteiger partial charge is 0.264 e. The van der Waals surface area contributed by atoms with Crippen LogP contribution in [-0.2, 0) is 37.6 Å². The van der Waals surface area contributed by atoms with E-state index in [-0.39, 0.29) is 45.9 Å². The summed E-state index contributed by atoms with van der Waals surface area (Å²) in [4.78, 5) is 53.0. The summed E-state index contributed by atoms with van der Waals surface area (Å²) in [5.41, 5.74) is 6.05. The maximum atomic E-state index is 12.8. The van der Waals surface area contributed by atoms with E-state index in [4.69, 9.17) is 58.1 Å². The first-order chi connectivity index (χ1) is 49.1. The number of anilines is 4. The number of amidine groups is 2. The molecule has 4 fully saturated rings. The summed E-state index contributed by atoms with van der Waals surface area (Å²) in [6, 6.07) is 24.9. The molecule has 0 aliphatic carbocycles. The zero-order valence-electron chi connectivity index (χ0n) is 56.8. The lowest BCUT2D eigenvalue weighted by Crippen LogP contribution is -2.53. The molecule has 0 saturated carbocycles. The van der Waals surface area contributed by atoms with E-state index in [1.165, 1.54) is 24.8 Å². The molecule has 4 aromatic carbocycles. The van der Waals surface area contributed by atoms with Crippen molar-refractivity contribution in [2.75, 3.05) is 172 Å². The Labute approximate surface area is 600 Å². The Balaban J connectivity index is 0.000000181. The highest BCUT2D eigenvalue weighted by molar-refractivity contribution is 7.93. The number of fused-ring (bicyclic) bond motifs is 6. The predicted molar refractivity (Wildman–Crippen MR) is 397 cm³/mol. The Morgan fingerprint density at radius 3 is 1.35 bits per heavy atom. The number of benzene rings is 4. The molecule has 14 rings (SSSR count). The van der Waals surface area contributed by atoms with Crippen molar-refractivity contribution >= 4 is 102 Å². The molecule has 4 unspecified atom stereocenters. The maximum Gasteiger partial charge on any atom is 0.264 e. The maximum absolute atomic E-state index is 12.8. The van der Waals surface area contributed by atoms with Gasteiger partial charge in [0.2, 0.25) is 11.9 Å². The van der Waals surface area contributed by atoms with Crippen LogP contribution >= 0.6 is 24.4 Å². The van der Waals surface area contributed by atoms with Gasteiger partial charge in [0.15, 0.2) is 23.0 Å². The van der Waals surface area contributed by atoms with Crippen LogP contribution in [0.3, 0.4) is 0 Å². The first-order valence-corrected chi connectivity index (χ1v) is 37.9. The molecule has 0 bridgehead atoms. The van der Waals surface area contributed by atoms with E-state index >= 15 is 0 Å². The Morgan fingerprint density at radius 1 is 0.535 bits per heavy atom. The Kier molecular flexibility index (Phi) is 22.7. The van der Waals surface area contributed by atoms with Crippen LogP contribution in [0.4, 0.5) is 23.3 Å². The summed E-state index contributed by atoms with van der Waals surface area (Å²) in [7, 11) is -2.09. The summed E-state index contributed by atoms with van der Waals surface area (Å²) in [5, 5.41) is 7.13. The van der Waals surface area contributed by atoms with Crippen molar-refractivity contribution < 1.29 is 40.5 Å². The van der Waals surface area contributed by atoms with Gasteiger partial charge in [-0.1, -0.05) is 48.7 Å². The standard InChI is InChI=1S/C35H44N10O4S2.C34H41N9O5S2/c1-42-12-14-43(15-13-42)11-4-20-49-30-22-27-28(23-29(30)48-2)40-33-32(27)34(39-24-38-33)45-18-16-44(17-19-45)31(50)21-25-5-7-26(8-6-25)51(46,47)41-35-36-9-3-10-37-35;1-46-28-22-27-26(21-29(28)48-17-3-10-41-15-18-47-19-16-41)31-32(39-27)37-23-38-33(31)43-13-11-42(12-14-43)30(49)20-24-4-6-25(7-5-24)50(44,45)40-34-35-8-2-9-36-34/h3,5-10,22-24,32-33,40H,4,11-21H2,1-2H3,(H,36,37,41);2,4-9,21-23,31-32,39H,3,10-20H2,1H3,(H,35,36,40). The van der Waals surface area contributed by atoms with Gasteiger partial charge in [-0.3, -0.25) is 4.90 Å². The van der Waals surface area contributed by atoms with Gasteiger partial charge in [-0.2, -0.15) is 0 Å². The Morgan fingerprint density at radius 2 is 0.941 bits per heavy atom. The summed E-state index contributed by atoms with van der Waals surface area (Å²) in [6.45, 7) is 17.2.